The molecule has 21 heavy (non-hydrogen) atoms. The van der Waals surface area contributed by atoms with Crippen LogP contribution in [0, 0.1) is 5.82 Å². The van der Waals surface area contributed by atoms with E-state index in [1.807, 2.05) is 29.2 Å². The molecule has 2 heterocycles. The first-order chi connectivity index (χ1) is 10.1. The SMILES string of the molecule is Fc1cnc(Cl)nc1N1CCN(c2ccc(Cl)cc2)CC1. The van der Waals surface area contributed by atoms with Crippen molar-refractivity contribution in [2.45, 2.75) is 0 Å². The molecule has 1 aromatic heterocycles. The number of halogens is 3. The zero-order chi connectivity index (χ0) is 14.8. The Labute approximate surface area is 132 Å². The first-order valence-corrected chi connectivity index (χ1v) is 7.32. The predicted octanol–water partition coefficient (Wildman–Crippen LogP) is 3.25. The summed E-state index contributed by atoms with van der Waals surface area (Å²) in [6.07, 6.45) is 1.11. The molecule has 0 unspecified atom stereocenters. The summed E-state index contributed by atoms with van der Waals surface area (Å²) in [4.78, 5) is 11.7. The number of aromatic nitrogens is 2. The van der Waals surface area contributed by atoms with Crippen LogP contribution in [0.4, 0.5) is 15.9 Å². The van der Waals surface area contributed by atoms with Gasteiger partial charge in [-0.15, -0.1) is 0 Å². The maximum absolute atomic E-state index is 13.8. The second-order valence-electron chi connectivity index (χ2n) is 4.76. The highest BCUT2D eigenvalue weighted by atomic mass is 35.5. The number of hydrogen-bond donors (Lipinski definition) is 0. The molecule has 1 fully saturated rings. The highest BCUT2D eigenvalue weighted by molar-refractivity contribution is 6.30. The molecule has 4 nitrogen and oxygen atoms in total. The van der Waals surface area contributed by atoms with E-state index in [4.69, 9.17) is 23.2 Å². The van der Waals surface area contributed by atoms with Gasteiger partial charge >= 0.3 is 0 Å². The van der Waals surface area contributed by atoms with Crippen LogP contribution in [0.1, 0.15) is 0 Å². The Kier molecular flexibility index (Phi) is 4.12. The Balaban J connectivity index is 1.70. The van der Waals surface area contributed by atoms with Crippen LogP contribution in [0.3, 0.4) is 0 Å². The monoisotopic (exact) mass is 326 g/mol. The minimum atomic E-state index is -0.445. The number of nitrogens with zero attached hydrogens (tertiary/aromatic N) is 4. The molecule has 0 spiro atoms. The molecule has 0 bridgehead atoms. The molecule has 0 atom stereocenters. The Bertz CT molecular complexity index is 627. The average Bonchev–Trinajstić information content (AvgIpc) is 2.51. The summed E-state index contributed by atoms with van der Waals surface area (Å²) in [5.74, 6) is -0.176. The molecule has 0 amide bonds. The maximum atomic E-state index is 13.8. The Hall–Kier alpha value is -1.59. The standard InChI is InChI=1S/C14H13Cl2FN4/c15-10-1-3-11(4-2-10)20-5-7-21(8-6-20)13-12(17)9-18-14(16)19-13/h1-4,9H,5-8H2. The first-order valence-electron chi connectivity index (χ1n) is 6.57. The third-order valence-electron chi connectivity index (χ3n) is 3.47. The van der Waals surface area contributed by atoms with Crippen molar-refractivity contribution in [3.63, 3.8) is 0 Å². The van der Waals surface area contributed by atoms with Crippen molar-refractivity contribution < 1.29 is 4.39 Å². The van der Waals surface area contributed by atoms with Gasteiger partial charge < -0.3 is 9.80 Å². The van der Waals surface area contributed by atoms with Crippen LogP contribution in [0.2, 0.25) is 10.3 Å². The fraction of sp³-hybridized carbons (Fsp3) is 0.286. The van der Waals surface area contributed by atoms with Gasteiger partial charge in [0, 0.05) is 36.9 Å². The lowest BCUT2D eigenvalue weighted by molar-refractivity contribution is 0.583. The van der Waals surface area contributed by atoms with E-state index in [1.165, 1.54) is 0 Å². The molecule has 0 aliphatic carbocycles. The minimum Gasteiger partial charge on any atom is -0.368 e. The fourth-order valence-corrected chi connectivity index (χ4v) is 2.64. The highest BCUT2D eigenvalue weighted by Gasteiger charge is 2.21. The lowest BCUT2D eigenvalue weighted by Gasteiger charge is -2.36. The number of rotatable bonds is 2. The van der Waals surface area contributed by atoms with E-state index >= 15 is 0 Å². The van der Waals surface area contributed by atoms with Crippen molar-refractivity contribution in [2.75, 3.05) is 36.0 Å². The van der Waals surface area contributed by atoms with Crippen molar-refractivity contribution in [1.29, 1.82) is 0 Å². The number of piperazine rings is 1. The van der Waals surface area contributed by atoms with Crippen LogP contribution in [0.25, 0.3) is 0 Å². The quantitative estimate of drug-likeness (QED) is 0.793. The zero-order valence-electron chi connectivity index (χ0n) is 11.1. The van der Waals surface area contributed by atoms with Crippen LogP contribution in [0.5, 0.6) is 0 Å². The molecule has 1 aliphatic rings. The largest absolute Gasteiger partial charge is 0.368 e. The molecule has 1 aromatic carbocycles. The molecule has 7 heteroatoms. The van der Waals surface area contributed by atoms with Crippen molar-refractivity contribution in [2.24, 2.45) is 0 Å². The van der Waals surface area contributed by atoms with Crippen LogP contribution in [0.15, 0.2) is 30.5 Å². The number of anilines is 2. The van der Waals surface area contributed by atoms with Crippen LogP contribution < -0.4 is 9.80 Å². The fourth-order valence-electron chi connectivity index (χ4n) is 2.39. The topological polar surface area (TPSA) is 32.3 Å². The third kappa shape index (κ3) is 3.19. The molecule has 3 rings (SSSR count). The van der Waals surface area contributed by atoms with Gasteiger partial charge in [0.1, 0.15) is 0 Å². The minimum absolute atomic E-state index is 0.0616. The van der Waals surface area contributed by atoms with Crippen LogP contribution >= 0.6 is 23.2 Å². The molecule has 0 N–H and O–H groups in total. The van der Waals surface area contributed by atoms with Gasteiger partial charge in [-0.1, -0.05) is 11.6 Å². The van der Waals surface area contributed by atoms with Crippen molar-refractivity contribution in [1.82, 2.24) is 9.97 Å². The second-order valence-corrected chi connectivity index (χ2v) is 5.54. The van der Waals surface area contributed by atoms with Gasteiger partial charge in [0.05, 0.1) is 6.20 Å². The summed E-state index contributed by atoms with van der Waals surface area (Å²) in [7, 11) is 0. The molecule has 110 valence electrons. The molecule has 0 radical (unpaired) electrons. The Morgan fingerprint density at radius 1 is 0.952 bits per heavy atom. The summed E-state index contributed by atoms with van der Waals surface area (Å²) < 4.78 is 13.8. The zero-order valence-corrected chi connectivity index (χ0v) is 12.6. The number of hydrogen-bond acceptors (Lipinski definition) is 4. The Morgan fingerprint density at radius 2 is 1.57 bits per heavy atom. The Morgan fingerprint density at radius 3 is 2.24 bits per heavy atom. The third-order valence-corrected chi connectivity index (χ3v) is 3.90. The highest BCUT2D eigenvalue weighted by Crippen LogP contribution is 2.23. The number of benzene rings is 1. The van der Waals surface area contributed by atoms with Gasteiger partial charge in [0.15, 0.2) is 11.6 Å². The smallest absolute Gasteiger partial charge is 0.224 e. The molecule has 2 aromatic rings. The molecule has 0 saturated carbocycles. The van der Waals surface area contributed by atoms with Gasteiger partial charge in [-0.3, -0.25) is 0 Å². The summed E-state index contributed by atoms with van der Waals surface area (Å²) in [6.45, 7) is 2.91. The van der Waals surface area contributed by atoms with Crippen LogP contribution in [-0.2, 0) is 0 Å². The predicted molar refractivity (Wildman–Crippen MR) is 82.9 cm³/mol. The van der Waals surface area contributed by atoms with Gasteiger partial charge in [-0.05, 0) is 35.9 Å². The normalized spacial score (nSPS) is 15.4. The average molecular weight is 327 g/mol. The summed E-state index contributed by atoms with van der Waals surface area (Å²) in [5.41, 5.74) is 1.11. The van der Waals surface area contributed by atoms with E-state index in [2.05, 4.69) is 14.9 Å². The van der Waals surface area contributed by atoms with E-state index in [0.717, 1.165) is 30.0 Å². The van der Waals surface area contributed by atoms with Gasteiger partial charge in [0.25, 0.3) is 0 Å². The van der Waals surface area contributed by atoms with Crippen LogP contribution in [-0.4, -0.2) is 36.1 Å². The second kappa shape index (κ2) is 6.03. The van der Waals surface area contributed by atoms with Gasteiger partial charge in [0.2, 0.25) is 5.28 Å². The van der Waals surface area contributed by atoms with E-state index in [-0.39, 0.29) is 11.1 Å². The van der Waals surface area contributed by atoms with Gasteiger partial charge in [-0.25, -0.2) is 9.37 Å². The molecular weight excluding hydrogens is 314 g/mol. The lowest BCUT2D eigenvalue weighted by atomic mass is 10.2. The summed E-state index contributed by atoms with van der Waals surface area (Å²) in [5, 5.41) is 0.779. The van der Waals surface area contributed by atoms with E-state index in [1.54, 1.807) is 0 Å². The lowest BCUT2D eigenvalue weighted by Crippen LogP contribution is -2.47. The van der Waals surface area contributed by atoms with Crippen molar-refractivity contribution in [3.8, 4) is 0 Å². The molecule has 1 aliphatic heterocycles. The van der Waals surface area contributed by atoms with E-state index in [0.29, 0.717) is 13.1 Å². The molecule has 1 saturated heterocycles. The van der Waals surface area contributed by atoms with Gasteiger partial charge in [-0.2, -0.15) is 4.98 Å². The maximum Gasteiger partial charge on any atom is 0.224 e. The summed E-state index contributed by atoms with van der Waals surface area (Å²) in [6, 6.07) is 7.71. The summed E-state index contributed by atoms with van der Waals surface area (Å²) >= 11 is 11.6. The van der Waals surface area contributed by atoms with Crippen molar-refractivity contribution >= 4 is 34.7 Å². The first kappa shape index (κ1) is 14.4. The van der Waals surface area contributed by atoms with Crippen molar-refractivity contribution in [3.05, 3.63) is 46.6 Å². The van der Waals surface area contributed by atoms with E-state index in [9.17, 15) is 4.39 Å². The van der Waals surface area contributed by atoms with E-state index < -0.39 is 5.82 Å². The molecular formula is C14H13Cl2FN4.